The van der Waals surface area contributed by atoms with E-state index in [0.717, 1.165) is 18.6 Å². The lowest BCUT2D eigenvalue weighted by Gasteiger charge is -2.38. The van der Waals surface area contributed by atoms with Gasteiger partial charge in [-0.25, -0.2) is 9.67 Å². The number of hydrogen-bond acceptors (Lipinski definition) is 6. The van der Waals surface area contributed by atoms with Gasteiger partial charge in [0.2, 0.25) is 0 Å². The Morgan fingerprint density at radius 2 is 2.19 bits per heavy atom. The molecule has 1 fully saturated rings. The molecule has 0 bridgehead atoms. The van der Waals surface area contributed by atoms with Crippen LogP contribution >= 0.6 is 0 Å². The van der Waals surface area contributed by atoms with E-state index in [0.29, 0.717) is 30.2 Å². The minimum Gasteiger partial charge on any atom is -0.382 e. The van der Waals surface area contributed by atoms with Crippen LogP contribution in [0.15, 0.2) is 30.6 Å². The topological polar surface area (TPSA) is 95.3 Å². The summed E-state index contributed by atoms with van der Waals surface area (Å²) >= 11 is 0. The number of nitrogens with zero attached hydrogens (tertiary/aromatic N) is 7. The average molecular weight is 351 g/mol. The number of β-amino-alcohol motifs (C(OH)–C–C–N with tert-alkyl or cyclic N) is 1. The molecule has 0 spiro atoms. The molecule has 0 saturated carbocycles. The first-order valence-electron chi connectivity index (χ1n) is 8.79. The number of piperidine rings is 1. The van der Waals surface area contributed by atoms with Crippen molar-refractivity contribution in [3.8, 4) is 6.07 Å². The summed E-state index contributed by atoms with van der Waals surface area (Å²) in [5.74, 6) is 0.605. The summed E-state index contributed by atoms with van der Waals surface area (Å²) in [5, 5.41) is 29.2. The summed E-state index contributed by atoms with van der Waals surface area (Å²) < 4.78 is 3.52. The Kier molecular flexibility index (Phi) is 3.89. The van der Waals surface area contributed by atoms with Gasteiger partial charge in [0.1, 0.15) is 23.0 Å². The third-order valence-electron chi connectivity index (χ3n) is 4.90. The molecule has 1 aliphatic rings. The van der Waals surface area contributed by atoms with Crippen LogP contribution in [0.1, 0.15) is 44.1 Å². The van der Waals surface area contributed by atoms with E-state index in [9.17, 15) is 10.4 Å². The molecule has 4 heterocycles. The monoisotopic (exact) mass is 351 g/mol. The van der Waals surface area contributed by atoms with E-state index < -0.39 is 5.60 Å². The third-order valence-corrected chi connectivity index (χ3v) is 4.90. The predicted molar refractivity (Wildman–Crippen MR) is 95.7 cm³/mol. The highest BCUT2D eigenvalue weighted by atomic mass is 16.3. The van der Waals surface area contributed by atoms with Gasteiger partial charge in [-0.15, -0.1) is 5.10 Å². The standard InChI is InChI=1S/C18H21N7O/c1-13(2)25-11-15(21-22-25)18(26)7-5-8-23(12-18)17-14(10-19)24-9-4-3-6-16(24)20-17/h3-4,6,9,11,13,26H,5,7-8,12H2,1-2H3. The Hall–Kier alpha value is -2.92. The van der Waals surface area contributed by atoms with Gasteiger partial charge in [-0.2, -0.15) is 5.26 Å². The molecular formula is C18H21N7O. The van der Waals surface area contributed by atoms with Gasteiger partial charge in [-0.1, -0.05) is 11.3 Å². The summed E-state index contributed by atoms with van der Waals surface area (Å²) in [5.41, 5.74) is 0.668. The summed E-state index contributed by atoms with van der Waals surface area (Å²) in [6, 6.07) is 8.06. The van der Waals surface area contributed by atoms with Crippen LogP contribution in [-0.4, -0.2) is 42.6 Å². The molecule has 3 aromatic rings. The van der Waals surface area contributed by atoms with Gasteiger partial charge in [-0.3, -0.25) is 4.40 Å². The maximum atomic E-state index is 11.2. The molecule has 8 nitrogen and oxygen atoms in total. The van der Waals surface area contributed by atoms with E-state index in [1.54, 1.807) is 9.08 Å². The van der Waals surface area contributed by atoms with Crippen molar-refractivity contribution >= 4 is 11.5 Å². The van der Waals surface area contributed by atoms with Crippen molar-refractivity contribution in [2.75, 3.05) is 18.0 Å². The third kappa shape index (κ3) is 2.61. The van der Waals surface area contributed by atoms with Gasteiger partial charge in [0.25, 0.3) is 0 Å². The summed E-state index contributed by atoms with van der Waals surface area (Å²) in [6.45, 7) is 5.11. The van der Waals surface area contributed by atoms with Crippen molar-refractivity contribution in [3.63, 3.8) is 0 Å². The first-order valence-corrected chi connectivity index (χ1v) is 8.79. The second-order valence-electron chi connectivity index (χ2n) is 7.06. The van der Waals surface area contributed by atoms with Crippen molar-refractivity contribution in [3.05, 3.63) is 42.0 Å². The SMILES string of the molecule is CC(C)n1cc(C2(O)CCCN(c3nc4ccccn4c3C#N)C2)nn1. The Labute approximate surface area is 151 Å². The molecule has 1 N–H and O–H groups in total. The number of rotatable bonds is 3. The van der Waals surface area contributed by atoms with Crippen LogP contribution in [0.25, 0.3) is 5.65 Å². The van der Waals surface area contributed by atoms with Gasteiger partial charge >= 0.3 is 0 Å². The number of fused-ring (bicyclic) bond motifs is 1. The van der Waals surface area contributed by atoms with Gasteiger partial charge in [0.05, 0.1) is 12.7 Å². The second-order valence-corrected chi connectivity index (χ2v) is 7.06. The normalized spacial score (nSPS) is 20.7. The molecule has 1 unspecified atom stereocenters. The van der Waals surface area contributed by atoms with E-state index >= 15 is 0 Å². The zero-order valence-corrected chi connectivity index (χ0v) is 14.9. The second kappa shape index (κ2) is 6.11. The van der Waals surface area contributed by atoms with Crippen LogP contribution in [0, 0.1) is 11.3 Å². The van der Waals surface area contributed by atoms with E-state index in [2.05, 4.69) is 21.4 Å². The maximum Gasteiger partial charge on any atom is 0.169 e. The van der Waals surface area contributed by atoms with Crippen molar-refractivity contribution < 1.29 is 5.11 Å². The zero-order chi connectivity index (χ0) is 18.3. The molecule has 1 aliphatic heterocycles. The number of nitriles is 1. The van der Waals surface area contributed by atoms with Crippen LogP contribution in [0.3, 0.4) is 0 Å². The minimum atomic E-state index is -1.10. The molecular weight excluding hydrogens is 330 g/mol. The van der Waals surface area contributed by atoms with E-state index in [1.807, 2.05) is 49.3 Å². The fourth-order valence-corrected chi connectivity index (χ4v) is 3.48. The van der Waals surface area contributed by atoms with Crippen LogP contribution in [0.2, 0.25) is 0 Å². The maximum absolute atomic E-state index is 11.2. The molecule has 0 amide bonds. The highest BCUT2D eigenvalue weighted by molar-refractivity contribution is 5.60. The summed E-state index contributed by atoms with van der Waals surface area (Å²) in [4.78, 5) is 6.59. The van der Waals surface area contributed by atoms with Gasteiger partial charge in [0.15, 0.2) is 11.5 Å². The number of aromatic nitrogens is 5. The average Bonchev–Trinajstić information content (AvgIpc) is 3.27. The smallest absolute Gasteiger partial charge is 0.169 e. The number of imidazole rings is 1. The molecule has 1 saturated heterocycles. The first-order chi connectivity index (χ1) is 12.5. The van der Waals surface area contributed by atoms with E-state index in [1.165, 1.54) is 0 Å². The summed E-state index contributed by atoms with van der Waals surface area (Å²) in [6.07, 6.45) is 5.02. The Bertz CT molecular complexity index is 983. The number of pyridine rings is 1. The van der Waals surface area contributed by atoms with Crippen molar-refractivity contribution in [1.82, 2.24) is 24.4 Å². The highest BCUT2D eigenvalue weighted by Gasteiger charge is 2.39. The minimum absolute atomic E-state index is 0.183. The van der Waals surface area contributed by atoms with E-state index in [-0.39, 0.29) is 6.04 Å². The lowest BCUT2D eigenvalue weighted by molar-refractivity contribution is 0.0174. The predicted octanol–water partition coefficient (Wildman–Crippen LogP) is 1.87. The van der Waals surface area contributed by atoms with Gasteiger partial charge < -0.3 is 10.0 Å². The quantitative estimate of drug-likeness (QED) is 0.774. The lowest BCUT2D eigenvalue weighted by Crippen LogP contribution is -2.47. The molecule has 26 heavy (non-hydrogen) atoms. The number of anilines is 1. The molecule has 0 aromatic carbocycles. The fourth-order valence-electron chi connectivity index (χ4n) is 3.48. The van der Waals surface area contributed by atoms with Gasteiger partial charge in [0, 0.05) is 18.8 Å². The van der Waals surface area contributed by atoms with E-state index in [4.69, 9.17) is 0 Å². The fraction of sp³-hybridized carbons (Fsp3) is 0.444. The van der Waals surface area contributed by atoms with Crippen molar-refractivity contribution in [2.24, 2.45) is 0 Å². The van der Waals surface area contributed by atoms with Crippen LogP contribution in [0.4, 0.5) is 5.82 Å². The zero-order valence-electron chi connectivity index (χ0n) is 14.9. The molecule has 8 heteroatoms. The molecule has 3 aromatic heterocycles. The molecule has 134 valence electrons. The Morgan fingerprint density at radius 1 is 1.35 bits per heavy atom. The number of hydrogen-bond donors (Lipinski definition) is 1. The largest absolute Gasteiger partial charge is 0.382 e. The van der Waals surface area contributed by atoms with Crippen LogP contribution < -0.4 is 4.90 Å². The van der Waals surface area contributed by atoms with Gasteiger partial charge in [-0.05, 0) is 38.8 Å². The lowest BCUT2D eigenvalue weighted by atomic mass is 9.90. The summed E-state index contributed by atoms with van der Waals surface area (Å²) in [7, 11) is 0. The molecule has 0 aliphatic carbocycles. The van der Waals surface area contributed by atoms with Crippen molar-refractivity contribution in [2.45, 2.75) is 38.3 Å². The molecule has 4 rings (SSSR count). The van der Waals surface area contributed by atoms with Crippen LogP contribution in [-0.2, 0) is 5.60 Å². The molecule has 1 atom stereocenters. The Morgan fingerprint density at radius 3 is 2.92 bits per heavy atom. The molecule has 0 radical (unpaired) electrons. The number of aliphatic hydroxyl groups is 1. The van der Waals surface area contributed by atoms with Crippen molar-refractivity contribution in [1.29, 1.82) is 5.26 Å². The highest BCUT2D eigenvalue weighted by Crippen LogP contribution is 2.34. The van der Waals surface area contributed by atoms with Crippen LogP contribution in [0.5, 0.6) is 0 Å². The Balaban J connectivity index is 1.70. The first kappa shape index (κ1) is 16.5.